The van der Waals surface area contributed by atoms with E-state index < -0.39 is 0 Å². The fourth-order valence-corrected chi connectivity index (χ4v) is 5.44. The first kappa shape index (κ1) is 20.4. The first-order chi connectivity index (χ1) is 16.2. The molecule has 3 saturated heterocycles. The number of H-pyrrole nitrogens is 1. The van der Waals surface area contributed by atoms with Gasteiger partial charge >= 0.3 is 0 Å². The zero-order valence-corrected chi connectivity index (χ0v) is 19.0. The number of hydrogen-bond donors (Lipinski definition) is 1. The summed E-state index contributed by atoms with van der Waals surface area (Å²) in [6.07, 6.45) is 6.71. The highest BCUT2D eigenvalue weighted by atomic mass is 16.2. The van der Waals surface area contributed by atoms with E-state index >= 15 is 0 Å². The Morgan fingerprint density at radius 1 is 0.818 bits per heavy atom. The molecule has 1 atom stereocenters. The van der Waals surface area contributed by atoms with E-state index in [4.69, 9.17) is 15.0 Å². The number of hydrogen-bond acceptors (Lipinski definition) is 6. The van der Waals surface area contributed by atoms with E-state index in [0.717, 1.165) is 93.6 Å². The minimum atomic E-state index is 0.0709. The highest BCUT2D eigenvalue weighted by Crippen LogP contribution is 2.27. The predicted octanol–water partition coefficient (Wildman–Crippen LogP) is 3.46. The molecule has 8 heteroatoms. The van der Waals surface area contributed by atoms with Crippen LogP contribution in [0.25, 0.3) is 22.7 Å². The van der Waals surface area contributed by atoms with Crippen molar-refractivity contribution >= 4 is 28.7 Å². The smallest absolute Gasteiger partial charge is 0.227 e. The molecule has 0 radical (unpaired) electrons. The van der Waals surface area contributed by atoms with Crippen LogP contribution in [0, 0.1) is 5.92 Å². The van der Waals surface area contributed by atoms with Gasteiger partial charge in [-0.15, -0.1) is 0 Å². The first-order valence-electron chi connectivity index (χ1n) is 12.4. The maximum absolute atomic E-state index is 12.9. The number of nitrogens with zero attached hydrogens (tertiary/aromatic N) is 6. The molecule has 0 saturated carbocycles. The van der Waals surface area contributed by atoms with E-state index in [9.17, 15) is 4.79 Å². The molecule has 6 rings (SSSR count). The van der Waals surface area contributed by atoms with E-state index in [1.165, 1.54) is 12.8 Å². The number of imidazole rings is 1. The van der Waals surface area contributed by atoms with Crippen LogP contribution in [0.15, 0.2) is 30.3 Å². The maximum Gasteiger partial charge on any atom is 0.227 e. The number of fused-ring (bicyclic) bond motifs is 1. The van der Waals surface area contributed by atoms with Gasteiger partial charge in [0, 0.05) is 39.3 Å². The Hall–Kier alpha value is -3.16. The molecule has 3 aliphatic heterocycles. The number of aromatic nitrogens is 4. The molecule has 0 bridgehead atoms. The first-order valence-corrected chi connectivity index (χ1v) is 12.4. The summed E-state index contributed by atoms with van der Waals surface area (Å²) in [4.78, 5) is 37.4. The molecule has 3 aliphatic rings. The van der Waals surface area contributed by atoms with Crippen LogP contribution in [-0.4, -0.2) is 70.0 Å². The molecule has 8 nitrogen and oxygen atoms in total. The molecule has 3 aromatic heterocycles. The van der Waals surface area contributed by atoms with Gasteiger partial charge in [-0.1, -0.05) is 6.07 Å². The highest BCUT2D eigenvalue weighted by Gasteiger charge is 2.31. The Bertz CT molecular complexity index is 1150. The van der Waals surface area contributed by atoms with E-state index in [1.807, 2.05) is 29.2 Å². The van der Waals surface area contributed by atoms with Gasteiger partial charge in [-0.3, -0.25) is 4.79 Å². The molecule has 33 heavy (non-hydrogen) atoms. The second kappa shape index (κ2) is 8.65. The van der Waals surface area contributed by atoms with E-state index in [0.29, 0.717) is 11.6 Å². The molecule has 6 heterocycles. The summed E-state index contributed by atoms with van der Waals surface area (Å²) in [6.45, 7) is 5.64. The molecular formula is C25H31N7O. The van der Waals surface area contributed by atoms with Crippen molar-refractivity contribution < 1.29 is 4.79 Å². The van der Waals surface area contributed by atoms with Crippen LogP contribution >= 0.6 is 0 Å². The van der Waals surface area contributed by atoms with Crippen molar-refractivity contribution in [3.05, 3.63) is 30.3 Å². The lowest BCUT2D eigenvalue weighted by molar-refractivity contribution is -0.134. The largest absolute Gasteiger partial charge is 0.357 e. The molecule has 0 unspecified atom stereocenters. The van der Waals surface area contributed by atoms with Crippen molar-refractivity contribution in [2.75, 3.05) is 49.1 Å². The van der Waals surface area contributed by atoms with Gasteiger partial charge in [0.15, 0.2) is 11.5 Å². The standard InChI is InChI=1S/C25H31N7O/c33-25(31-14-3-4-15-31)18-7-6-16-32(17-18)22-11-10-20-24(28-22)29-23(27-20)19-8-5-9-21(26-19)30-12-1-2-13-30/h5,8-11,18H,1-4,6-7,12-17H2,(H,27,28,29)/t18-/m1/s1. The number of rotatable bonds is 4. The summed E-state index contributed by atoms with van der Waals surface area (Å²) in [5.41, 5.74) is 2.45. The Balaban J connectivity index is 1.22. The zero-order chi connectivity index (χ0) is 22.2. The Morgan fingerprint density at radius 3 is 2.42 bits per heavy atom. The lowest BCUT2D eigenvalue weighted by Crippen LogP contribution is -2.44. The summed E-state index contributed by atoms with van der Waals surface area (Å²) < 4.78 is 0. The third kappa shape index (κ3) is 4.03. The van der Waals surface area contributed by atoms with Crippen molar-refractivity contribution in [3.8, 4) is 11.5 Å². The van der Waals surface area contributed by atoms with Gasteiger partial charge in [0.05, 0.1) is 11.4 Å². The number of likely N-dealkylation sites (tertiary alicyclic amines) is 1. The van der Waals surface area contributed by atoms with Crippen LogP contribution in [0.4, 0.5) is 11.6 Å². The molecule has 0 aromatic carbocycles. The number of pyridine rings is 2. The van der Waals surface area contributed by atoms with Gasteiger partial charge in [0.2, 0.25) is 5.91 Å². The molecular weight excluding hydrogens is 414 g/mol. The number of carbonyl (C=O) groups is 1. The van der Waals surface area contributed by atoms with Crippen molar-refractivity contribution in [2.24, 2.45) is 5.92 Å². The summed E-state index contributed by atoms with van der Waals surface area (Å²) in [5.74, 6) is 3.06. The molecule has 0 spiro atoms. The number of aromatic amines is 1. The summed E-state index contributed by atoms with van der Waals surface area (Å²) in [6, 6.07) is 10.2. The van der Waals surface area contributed by atoms with Crippen LogP contribution in [0.5, 0.6) is 0 Å². The quantitative estimate of drug-likeness (QED) is 0.662. The number of amides is 1. The second-order valence-electron chi connectivity index (χ2n) is 9.52. The third-order valence-electron chi connectivity index (χ3n) is 7.25. The van der Waals surface area contributed by atoms with Crippen LogP contribution in [0.3, 0.4) is 0 Å². The monoisotopic (exact) mass is 445 g/mol. The van der Waals surface area contributed by atoms with Crippen molar-refractivity contribution in [2.45, 2.75) is 38.5 Å². The average Bonchev–Trinajstić information content (AvgIpc) is 3.65. The normalized spacial score (nSPS) is 21.3. The van der Waals surface area contributed by atoms with Crippen LogP contribution in [-0.2, 0) is 4.79 Å². The predicted molar refractivity (Wildman–Crippen MR) is 129 cm³/mol. The Kier molecular flexibility index (Phi) is 5.36. The highest BCUT2D eigenvalue weighted by molar-refractivity contribution is 5.80. The van der Waals surface area contributed by atoms with Gasteiger partial charge in [0.1, 0.15) is 17.3 Å². The molecule has 1 amide bonds. The minimum absolute atomic E-state index is 0.0709. The number of nitrogens with one attached hydrogen (secondary N) is 1. The van der Waals surface area contributed by atoms with Gasteiger partial charge in [-0.2, -0.15) is 0 Å². The lowest BCUT2D eigenvalue weighted by atomic mass is 9.96. The number of anilines is 2. The number of piperidine rings is 1. The van der Waals surface area contributed by atoms with Crippen LogP contribution < -0.4 is 9.80 Å². The SMILES string of the molecule is O=C([C@@H]1CCCN(c2ccc3[nH]c(-c4cccc(N5CCCC5)n4)nc3n2)C1)N1CCCC1. The van der Waals surface area contributed by atoms with Crippen LogP contribution in [0.2, 0.25) is 0 Å². The number of carbonyl (C=O) groups excluding carboxylic acids is 1. The Labute approximate surface area is 194 Å². The molecule has 3 aromatic rings. The zero-order valence-electron chi connectivity index (χ0n) is 19.0. The summed E-state index contributed by atoms with van der Waals surface area (Å²) >= 11 is 0. The van der Waals surface area contributed by atoms with Crippen molar-refractivity contribution in [1.82, 2.24) is 24.8 Å². The Morgan fingerprint density at radius 2 is 1.58 bits per heavy atom. The van der Waals surface area contributed by atoms with E-state index in [2.05, 4.69) is 20.9 Å². The van der Waals surface area contributed by atoms with Gasteiger partial charge < -0.3 is 19.7 Å². The second-order valence-corrected chi connectivity index (χ2v) is 9.52. The fourth-order valence-electron chi connectivity index (χ4n) is 5.44. The molecule has 0 aliphatic carbocycles. The average molecular weight is 446 g/mol. The van der Waals surface area contributed by atoms with Gasteiger partial charge in [0.25, 0.3) is 0 Å². The molecule has 3 fully saturated rings. The molecule has 1 N–H and O–H groups in total. The minimum Gasteiger partial charge on any atom is -0.357 e. The summed E-state index contributed by atoms with van der Waals surface area (Å²) in [5, 5.41) is 0. The van der Waals surface area contributed by atoms with Gasteiger partial charge in [-0.05, 0) is 62.8 Å². The van der Waals surface area contributed by atoms with Crippen molar-refractivity contribution in [3.63, 3.8) is 0 Å². The lowest BCUT2D eigenvalue weighted by Gasteiger charge is -2.34. The van der Waals surface area contributed by atoms with Crippen LogP contribution in [0.1, 0.15) is 38.5 Å². The van der Waals surface area contributed by atoms with E-state index in [1.54, 1.807) is 0 Å². The maximum atomic E-state index is 12.9. The fraction of sp³-hybridized carbons (Fsp3) is 0.520. The van der Waals surface area contributed by atoms with Crippen molar-refractivity contribution in [1.29, 1.82) is 0 Å². The topological polar surface area (TPSA) is 81.2 Å². The summed E-state index contributed by atoms with van der Waals surface area (Å²) in [7, 11) is 0. The third-order valence-corrected chi connectivity index (χ3v) is 7.25. The molecule has 172 valence electrons. The van der Waals surface area contributed by atoms with Gasteiger partial charge in [-0.25, -0.2) is 15.0 Å². The van der Waals surface area contributed by atoms with E-state index in [-0.39, 0.29) is 5.92 Å².